The predicted molar refractivity (Wildman–Crippen MR) is 157 cm³/mol. The first-order chi connectivity index (χ1) is 18.2. The minimum Gasteiger partial charge on any atom is -0.396 e. The van der Waals surface area contributed by atoms with Crippen molar-refractivity contribution in [3.63, 3.8) is 0 Å². The Hall–Kier alpha value is -1.81. The minimum absolute atomic E-state index is 0.00538. The maximum atomic E-state index is 14.4. The van der Waals surface area contributed by atoms with Gasteiger partial charge in [0, 0.05) is 53.6 Å². The summed E-state index contributed by atoms with van der Waals surface area (Å²) in [5.74, 6) is -1.57. The number of aliphatic hydroxyl groups is 1. The molecule has 1 N–H and O–H groups in total. The number of carbonyl (C=O) groups is 3. The predicted octanol–water partition coefficient (Wildman–Crippen LogP) is 4.13. The standard InChI is InChI=1S/C28H35BrClN3O4S/c1-4-12-31(13-5-2)25(35)21-22-26(36)33(15-7-16-34)24(28(22)17-20(29)23(21)38-28)27(37)32(14-6-3)19-10-8-18(30)9-11-19/h4,6,8-11,20-24,34H,1,3,5,7,12-17H2,2H3/t20?,21-,22+,23-,24?,28?/m1/s1. The molecule has 3 amide bonds. The van der Waals surface area contributed by atoms with Crippen molar-refractivity contribution in [1.82, 2.24) is 9.80 Å². The Balaban J connectivity index is 1.78. The number of halogens is 2. The normalized spacial score (nSPS) is 29.3. The van der Waals surface area contributed by atoms with Crippen LogP contribution in [0.3, 0.4) is 0 Å². The molecule has 2 bridgehead atoms. The number of anilines is 1. The van der Waals surface area contributed by atoms with Crippen LogP contribution in [0.25, 0.3) is 0 Å². The summed E-state index contributed by atoms with van der Waals surface area (Å²) in [6, 6.07) is 6.25. The van der Waals surface area contributed by atoms with Crippen LogP contribution >= 0.6 is 39.3 Å². The zero-order chi connectivity index (χ0) is 27.6. The van der Waals surface area contributed by atoms with Crippen LogP contribution in [0.5, 0.6) is 0 Å². The lowest BCUT2D eigenvalue weighted by atomic mass is 9.70. The molecule has 0 saturated carbocycles. The van der Waals surface area contributed by atoms with Crippen LogP contribution in [-0.2, 0) is 14.4 Å². The Morgan fingerprint density at radius 3 is 2.53 bits per heavy atom. The first-order valence-electron chi connectivity index (χ1n) is 13.1. The van der Waals surface area contributed by atoms with E-state index in [-0.39, 0.29) is 47.5 Å². The SMILES string of the molecule is C=CCN(CCC)C(=O)[C@H]1[C@@H]2SC3(CC2Br)C(C(=O)N(CC=C)c2ccc(Cl)cc2)N(CCCO)C(=O)[C@H]13. The number of nitrogens with zero attached hydrogens (tertiary/aromatic N) is 3. The average Bonchev–Trinajstić information content (AvgIpc) is 3.49. The number of rotatable bonds is 12. The van der Waals surface area contributed by atoms with Crippen molar-refractivity contribution in [1.29, 1.82) is 0 Å². The lowest BCUT2D eigenvalue weighted by molar-refractivity contribution is -0.143. The van der Waals surface area contributed by atoms with Gasteiger partial charge in [-0.1, -0.05) is 46.6 Å². The van der Waals surface area contributed by atoms with Gasteiger partial charge in [0.25, 0.3) is 5.91 Å². The van der Waals surface area contributed by atoms with Gasteiger partial charge in [-0.2, -0.15) is 0 Å². The summed E-state index contributed by atoms with van der Waals surface area (Å²) in [5.41, 5.74) is 0.661. The maximum Gasteiger partial charge on any atom is 0.251 e. The van der Waals surface area contributed by atoms with E-state index < -0.39 is 22.6 Å². The summed E-state index contributed by atoms with van der Waals surface area (Å²) < 4.78 is -0.749. The number of aliphatic hydroxyl groups excluding tert-OH is 1. The van der Waals surface area contributed by atoms with Crippen molar-refractivity contribution < 1.29 is 19.5 Å². The maximum absolute atomic E-state index is 14.4. The molecule has 7 nitrogen and oxygen atoms in total. The van der Waals surface area contributed by atoms with Crippen molar-refractivity contribution in [2.24, 2.45) is 11.8 Å². The summed E-state index contributed by atoms with van der Waals surface area (Å²) in [4.78, 5) is 47.6. The van der Waals surface area contributed by atoms with Crippen LogP contribution in [0.15, 0.2) is 49.6 Å². The topological polar surface area (TPSA) is 81.2 Å². The van der Waals surface area contributed by atoms with Gasteiger partial charge in [0.05, 0.1) is 16.6 Å². The van der Waals surface area contributed by atoms with E-state index in [9.17, 15) is 19.5 Å². The monoisotopic (exact) mass is 623 g/mol. The van der Waals surface area contributed by atoms with E-state index >= 15 is 0 Å². The highest BCUT2D eigenvalue weighted by atomic mass is 79.9. The molecular weight excluding hydrogens is 590 g/mol. The number of amides is 3. The van der Waals surface area contributed by atoms with Crippen LogP contribution in [0, 0.1) is 11.8 Å². The second-order valence-electron chi connectivity index (χ2n) is 10.1. The molecule has 1 spiro atoms. The average molecular weight is 625 g/mol. The van der Waals surface area contributed by atoms with Crippen molar-refractivity contribution >= 4 is 62.7 Å². The van der Waals surface area contributed by atoms with Gasteiger partial charge in [0.2, 0.25) is 11.8 Å². The molecule has 6 atom stereocenters. The summed E-state index contributed by atoms with van der Waals surface area (Å²) in [6.07, 6.45) is 5.13. The van der Waals surface area contributed by atoms with Gasteiger partial charge in [-0.25, -0.2) is 0 Å². The van der Waals surface area contributed by atoms with Gasteiger partial charge in [0.15, 0.2) is 0 Å². The Bertz CT molecular complexity index is 1090. The zero-order valence-electron chi connectivity index (χ0n) is 21.6. The Morgan fingerprint density at radius 2 is 1.92 bits per heavy atom. The van der Waals surface area contributed by atoms with Crippen LogP contribution in [0.1, 0.15) is 26.2 Å². The van der Waals surface area contributed by atoms with E-state index in [4.69, 9.17) is 11.6 Å². The van der Waals surface area contributed by atoms with E-state index in [1.165, 1.54) is 0 Å². The highest BCUT2D eigenvalue weighted by Gasteiger charge is 2.76. The molecule has 3 aliphatic heterocycles. The largest absolute Gasteiger partial charge is 0.396 e. The van der Waals surface area contributed by atoms with Gasteiger partial charge in [-0.05, 0) is 43.5 Å². The second-order valence-corrected chi connectivity index (χ2v) is 13.2. The van der Waals surface area contributed by atoms with Gasteiger partial charge in [-0.15, -0.1) is 24.9 Å². The van der Waals surface area contributed by atoms with E-state index in [1.807, 2.05) is 6.92 Å². The molecule has 3 saturated heterocycles. The lowest BCUT2D eigenvalue weighted by Crippen LogP contribution is -2.56. The number of hydrogen-bond acceptors (Lipinski definition) is 5. The molecule has 0 radical (unpaired) electrons. The fourth-order valence-corrected chi connectivity index (χ4v) is 10.0. The van der Waals surface area contributed by atoms with Crippen molar-refractivity contribution in [3.8, 4) is 0 Å². The van der Waals surface area contributed by atoms with Gasteiger partial charge < -0.3 is 19.8 Å². The van der Waals surface area contributed by atoms with Gasteiger partial charge >= 0.3 is 0 Å². The molecule has 3 unspecified atom stereocenters. The highest BCUT2D eigenvalue weighted by molar-refractivity contribution is 9.09. The number of hydrogen-bond donors (Lipinski definition) is 1. The Labute approximate surface area is 242 Å². The van der Waals surface area contributed by atoms with E-state index in [0.29, 0.717) is 36.6 Å². The summed E-state index contributed by atoms with van der Waals surface area (Å²) >= 11 is 11.5. The molecule has 3 fully saturated rings. The molecule has 1 aromatic rings. The Kier molecular flexibility index (Phi) is 9.33. The fraction of sp³-hybridized carbons (Fsp3) is 0.536. The third kappa shape index (κ3) is 4.95. The van der Waals surface area contributed by atoms with Crippen LogP contribution < -0.4 is 4.90 Å². The smallest absolute Gasteiger partial charge is 0.251 e. The van der Waals surface area contributed by atoms with E-state index in [0.717, 1.165) is 6.42 Å². The molecule has 0 aromatic heterocycles. The molecule has 3 aliphatic rings. The molecule has 4 rings (SSSR count). The number of fused-ring (bicyclic) bond motifs is 1. The van der Waals surface area contributed by atoms with Crippen molar-refractivity contribution in [2.75, 3.05) is 37.7 Å². The molecule has 1 aromatic carbocycles. The van der Waals surface area contributed by atoms with Crippen molar-refractivity contribution in [3.05, 3.63) is 54.6 Å². The third-order valence-corrected chi connectivity index (χ3v) is 11.2. The summed E-state index contributed by atoms with van der Waals surface area (Å²) in [5, 5.41) is 10.0. The molecule has 206 valence electrons. The number of alkyl halides is 1. The van der Waals surface area contributed by atoms with E-state index in [2.05, 4.69) is 29.1 Å². The molecule has 38 heavy (non-hydrogen) atoms. The summed E-state index contributed by atoms with van der Waals surface area (Å²) in [7, 11) is 0. The highest BCUT2D eigenvalue weighted by Crippen LogP contribution is 2.68. The second kappa shape index (κ2) is 12.1. The van der Waals surface area contributed by atoms with Crippen LogP contribution in [-0.4, -0.2) is 86.3 Å². The number of likely N-dealkylation sites (tertiary alicyclic amines) is 1. The van der Waals surface area contributed by atoms with Crippen molar-refractivity contribution in [2.45, 2.75) is 47.1 Å². The van der Waals surface area contributed by atoms with Crippen LogP contribution in [0.4, 0.5) is 5.69 Å². The first kappa shape index (κ1) is 29.2. The molecule has 10 heteroatoms. The van der Waals surface area contributed by atoms with E-state index in [1.54, 1.807) is 62.9 Å². The number of carbonyl (C=O) groups excluding carboxylic acids is 3. The first-order valence-corrected chi connectivity index (χ1v) is 15.2. The summed E-state index contributed by atoms with van der Waals surface area (Å²) in [6.45, 7) is 11.1. The number of benzene rings is 1. The quantitative estimate of drug-likeness (QED) is 0.280. The van der Waals surface area contributed by atoms with Gasteiger partial charge in [0.1, 0.15) is 6.04 Å². The molecule has 3 heterocycles. The third-order valence-electron chi connectivity index (χ3n) is 7.74. The molecular formula is C28H35BrClN3O4S. The molecule has 0 aliphatic carbocycles. The fourth-order valence-electron chi connectivity index (χ4n) is 6.32. The number of thioether (sulfide) groups is 1. The van der Waals surface area contributed by atoms with Gasteiger partial charge in [-0.3, -0.25) is 14.4 Å². The minimum atomic E-state index is -0.769. The lowest BCUT2D eigenvalue weighted by Gasteiger charge is -2.38. The zero-order valence-corrected chi connectivity index (χ0v) is 24.8. The van der Waals surface area contributed by atoms with Crippen LogP contribution in [0.2, 0.25) is 5.02 Å². The Morgan fingerprint density at radius 1 is 1.24 bits per heavy atom.